The number of nitrogens with one attached hydrogen (secondary N) is 1. The quantitative estimate of drug-likeness (QED) is 0.801. The van der Waals surface area contributed by atoms with E-state index in [1.54, 1.807) is 10.4 Å². The van der Waals surface area contributed by atoms with Gasteiger partial charge in [-0.15, -0.1) is 11.3 Å². The molecule has 0 amide bonds. The summed E-state index contributed by atoms with van der Waals surface area (Å²) in [5.74, 6) is 0. The minimum absolute atomic E-state index is 0.363. The van der Waals surface area contributed by atoms with Gasteiger partial charge >= 0.3 is 0 Å². The Morgan fingerprint density at radius 3 is 2.86 bits per heavy atom. The zero-order valence-corrected chi connectivity index (χ0v) is 13.9. The van der Waals surface area contributed by atoms with Crippen LogP contribution in [0.2, 0.25) is 0 Å². The molecule has 2 aromatic rings. The van der Waals surface area contributed by atoms with Gasteiger partial charge in [-0.05, 0) is 55.0 Å². The molecule has 1 unspecified atom stereocenters. The fourth-order valence-corrected chi connectivity index (χ4v) is 4.66. The molecule has 1 N–H and O–H groups in total. The number of rotatable bonds is 6. The highest BCUT2D eigenvalue weighted by molar-refractivity contribution is 7.12. The van der Waals surface area contributed by atoms with Crippen LogP contribution in [0.1, 0.15) is 59.2 Å². The van der Waals surface area contributed by atoms with E-state index in [-0.39, 0.29) is 0 Å². The average molecular weight is 299 g/mol. The third kappa shape index (κ3) is 3.22. The molecule has 0 bridgehead atoms. The van der Waals surface area contributed by atoms with Gasteiger partial charge in [-0.3, -0.25) is 0 Å². The fourth-order valence-electron chi connectivity index (χ4n) is 3.30. The van der Waals surface area contributed by atoms with E-state index < -0.39 is 0 Å². The molecular formula is C19H25NS. The molecule has 1 aliphatic carbocycles. The predicted molar refractivity (Wildman–Crippen MR) is 92.3 cm³/mol. The number of fused-ring (bicyclic) bond motifs is 1. The lowest BCUT2D eigenvalue weighted by Gasteiger charge is -2.18. The first kappa shape index (κ1) is 14.8. The molecule has 3 rings (SSSR count). The van der Waals surface area contributed by atoms with Crippen LogP contribution in [-0.4, -0.2) is 6.54 Å². The summed E-state index contributed by atoms with van der Waals surface area (Å²) in [5.41, 5.74) is 4.48. The van der Waals surface area contributed by atoms with Crippen LogP contribution in [0.15, 0.2) is 30.3 Å². The summed E-state index contributed by atoms with van der Waals surface area (Å²) in [7, 11) is 0. The molecule has 1 aliphatic rings. The monoisotopic (exact) mass is 299 g/mol. The molecule has 0 saturated heterocycles. The number of aryl methyl sites for hydroxylation is 3. The molecule has 0 fully saturated rings. The van der Waals surface area contributed by atoms with Crippen molar-refractivity contribution in [2.75, 3.05) is 6.54 Å². The fraction of sp³-hybridized carbons (Fsp3) is 0.474. The van der Waals surface area contributed by atoms with Crippen molar-refractivity contribution in [3.63, 3.8) is 0 Å². The molecule has 1 aromatic heterocycles. The first-order valence-electron chi connectivity index (χ1n) is 8.25. The van der Waals surface area contributed by atoms with Gasteiger partial charge < -0.3 is 5.32 Å². The van der Waals surface area contributed by atoms with Crippen molar-refractivity contribution in [3.8, 4) is 0 Å². The van der Waals surface area contributed by atoms with Gasteiger partial charge in [-0.2, -0.15) is 0 Å². The minimum Gasteiger partial charge on any atom is -0.306 e. The van der Waals surface area contributed by atoms with Crippen LogP contribution in [0.4, 0.5) is 0 Å². The number of benzene rings is 1. The van der Waals surface area contributed by atoms with Gasteiger partial charge in [0.25, 0.3) is 0 Å². The molecule has 2 heteroatoms. The van der Waals surface area contributed by atoms with Crippen LogP contribution in [0.25, 0.3) is 0 Å². The summed E-state index contributed by atoms with van der Waals surface area (Å²) in [6, 6.07) is 11.9. The maximum absolute atomic E-state index is 3.68. The number of hydrogen-bond acceptors (Lipinski definition) is 2. The lowest BCUT2D eigenvalue weighted by Crippen LogP contribution is -2.21. The summed E-state index contributed by atoms with van der Waals surface area (Å²) in [4.78, 5) is 3.12. The van der Waals surface area contributed by atoms with Gasteiger partial charge in [0, 0.05) is 9.75 Å². The second-order valence-electron chi connectivity index (χ2n) is 5.94. The first-order chi connectivity index (χ1) is 10.3. The van der Waals surface area contributed by atoms with Gasteiger partial charge in [-0.1, -0.05) is 44.5 Å². The zero-order chi connectivity index (χ0) is 14.7. The van der Waals surface area contributed by atoms with Crippen LogP contribution in [0.5, 0.6) is 0 Å². The van der Waals surface area contributed by atoms with E-state index in [9.17, 15) is 0 Å². The second-order valence-corrected chi connectivity index (χ2v) is 7.10. The summed E-state index contributed by atoms with van der Waals surface area (Å²) in [6.45, 7) is 5.45. The SMILES string of the molecule is CCCc1cccc(C(NCC)c2cc3c(s2)CCC3)c1. The minimum atomic E-state index is 0.363. The van der Waals surface area contributed by atoms with E-state index in [1.807, 2.05) is 11.3 Å². The highest BCUT2D eigenvalue weighted by Crippen LogP contribution is 2.36. The molecule has 0 aliphatic heterocycles. The topological polar surface area (TPSA) is 12.0 Å². The molecule has 0 radical (unpaired) electrons. The Balaban J connectivity index is 1.91. The second kappa shape index (κ2) is 6.76. The van der Waals surface area contributed by atoms with E-state index in [4.69, 9.17) is 0 Å². The first-order valence-corrected chi connectivity index (χ1v) is 9.07. The van der Waals surface area contributed by atoms with Crippen LogP contribution >= 0.6 is 11.3 Å². The molecule has 0 saturated carbocycles. The highest BCUT2D eigenvalue weighted by atomic mass is 32.1. The largest absolute Gasteiger partial charge is 0.306 e. The van der Waals surface area contributed by atoms with Crippen molar-refractivity contribution in [3.05, 3.63) is 56.8 Å². The zero-order valence-electron chi connectivity index (χ0n) is 13.1. The van der Waals surface area contributed by atoms with Crippen molar-refractivity contribution < 1.29 is 0 Å². The predicted octanol–water partition coefficient (Wildman–Crippen LogP) is 4.89. The van der Waals surface area contributed by atoms with Crippen LogP contribution in [0.3, 0.4) is 0 Å². The third-order valence-electron chi connectivity index (χ3n) is 4.28. The van der Waals surface area contributed by atoms with Gasteiger partial charge in [0.1, 0.15) is 0 Å². The molecule has 21 heavy (non-hydrogen) atoms. The molecule has 1 heterocycles. The Labute approximate surface area is 132 Å². The molecular weight excluding hydrogens is 274 g/mol. The Hall–Kier alpha value is -1.12. The van der Waals surface area contributed by atoms with Crippen molar-refractivity contribution >= 4 is 11.3 Å². The maximum Gasteiger partial charge on any atom is 0.0671 e. The smallest absolute Gasteiger partial charge is 0.0671 e. The van der Waals surface area contributed by atoms with Gasteiger partial charge in [0.2, 0.25) is 0 Å². The Morgan fingerprint density at radius 2 is 2.10 bits per heavy atom. The van der Waals surface area contributed by atoms with E-state index in [0.717, 1.165) is 6.54 Å². The standard InChI is InChI=1S/C19H25NS/c1-3-7-14-8-5-10-16(12-14)19(20-4-2)18-13-15-9-6-11-17(15)21-18/h5,8,10,12-13,19-20H,3-4,6-7,9,11H2,1-2H3. The Kier molecular flexibility index (Phi) is 4.77. The van der Waals surface area contributed by atoms with Crippen LogP contribution in [0, 0.1) is 0 Å². The normalized spacial score (nSPS) is 15.1. The Bertz CT molecular complexity index is 578. The summed E-state index contributed by atoms with van der Waals surface area (Å²) >= 11 is 2.02. The summed E-state index contributed by atoms with van der Waals surface area (Å²) in [6.07, 6.45) is 6.30. The van der Waals surface area contributed by atoms with Crippen molar-refractivity contribution in [2.45, 2.75) is 52.0 Å². The maximum atomic E-state index is 3.68. The van der Waals surface area contributed by atoms with Crippen molar-refractivity contribution in [2.24, 2.45) is 0 Å². The number of hydrogen-bond donors (Lipinski definition) is 1. The number of thiophene rings is 1. The van der Waals surface area contributed by atoms with E-state index >= 15 is 0 Å². The van der Waals surface area contributed by atoms with E-state index in [0.29, 0.717) is 6.04 Å². The summed E-state index contributed by atoms with van der Waals surface area (Å²) in [5, 5.41) is 3.68. The lowest BCUT2D eigenvalue weighted by molar-refractivity contribution is 0.638. The molecule has 1 nitrogen and oxygen atoms in total. The van der Waals surface area contributed by atoms with Crippen LogP contribution in [-0.2, 0) is 19.3 Å². The van der Waals surface area contributed by atoms with Gasteiger partial charge in [0.05, 0.1) is 6.04 Å². The van der Waals surface area contributed by atoms with Crippen molar-refractivity contribution in [1.29, 1.82) is 0 Å². The van der Waals surface area contributed by atoms with Crippen LogP contribution < -0.4 is 5.32 Å². The Morgan fingerprint density at radius 1 is 1.19 bits per heavy atom. The van der Waals surface area contributed by atoms with Crippen molar-refractivity contribution in [1.82, 2.24) is 5.32 Å². The lowest BCUT2D eigenvalue weighted by atomic mass is 10.00. The van der Waals surface area contributed by atoms with E-state index in [2.05, 4.69) is 49.5 Å². The van der Waals surface area contributed by atoms with Gasteiger partial charge in [-0.25, -0.2) is 0 Å². The van der Waals surface area contributed by atoms with E-state index in [1.165, 1.54) is 48.1 Å². The highest BCUT2D eigenvalue weighted by Gasteiger charge is 2.21. The molecule has 1 atom stereocenters. The molecule has 1 aromatic carbocycles. The summed E-state index contributed by atoms with van der Waals surface area (Å²) < 4.78 is 0. The average Bonchev–Trinajstić information content (AvgIpc) is 3.06. The molecule has 112 valence electrons. The van der Waals surface area contributed by atoms with Gasteiger partial charge in [0.15, 0.2) is 0 Å². The third-order valence-corrected chi connectivity index (χ3v) is 5.58. The molecule has 0 spiro atoms.